The lowest BCUT2D eigenvalue weighted by atomic mass is 10.0. The second kappa shape index (κ2) is 8.34. The number of aromatic nitrogens is 2. The molecule has 8 heteroatoms. The number of ether oxygens (including phenoxy) is 2. The summed E-state index contributed by atoms with van der Waals surface area (Å²) in [5, 5.41) is 0.491. The zero-order valence-corrected chi connectivity index (χ0v) is 18.5. The normalized spacial score (nSPS) is 18.2. The van der Waals surface area contributed by atoms with Crippen molar-refractivity contribution < 1.29 is 14.3 Å². The zero-order valence-electron chi connectivity index (χ0n) is 16.9. The molecule has 1 fully saturated rings. The van der Waals surface area contributed by atoms with Crippen LogP contribution in [0.3, 0.4) is 0 Å². The van der Waals surface area contributed by atoms with Crippen LogP contribution in [0.2, 0.25) is 0 Å². The molecule has 3 heterocycles. The number of halogens is 1. The fourth-order valence-electron chi connectivity index (χ4n) is 4.28. The summed E-state index contributed by atoms with van der Waals surface area (Å²) in [5.41, 5.74) is 1.43. The van der Waals surface area contributed by atoms with Gasteiger partial charge in [0, 0.05) is 17.4 Å². The largest absolute Gasteiger partial charge is 0.490 e. The van der Waals surface area contributed by atoms with Crippen molar-refractivity contribution in [3.63, 3.8) is 0 Å². The molecule has 7 nitrogen and oxygen atoms in total. The number of hydrogen-bond donors (Lipinski definition) is 0. The molecule has 0 aliphatic carbocycles. The summed E-state index contributed by atoms with van der Waals surface area (Å²) in [6.07, 6.45) is 4.10. The molecule has 0 unspecified atom stereocenters. The summed E-state index contributed by atoms with van der Waals surface area (Å²) in [6, 6.07) is 11.2. The highest BCUT2D eigenvalue weighted by atomic mass is 79.9. The van der Waals surface area contributed by atoms with Crippen molar-refractivity contribution in [3.8, 4) is 11.5 Å². The van der Waals surface area contributed by atoms with Crippen LogP contribution >= 0.6 is 15.9 Å². The first-order chi connectivity index (χ1) is 15.1. The first-order valence-electron chi connectivity index (χ1n) is 10.4. The predicted molar refractivity (Wildman–Crippen MR) is 119 cm³/mol. The minimum Gasteiger partial charge on any atom is -0.490 e. The number of nitrogens with zero attached hydrogens (tertiary/aromatic N) is 3. The van der Waals surface area contributed by atoms with E-state index in [1.54, 1.807) is 12.1 Å². The molecule has 31 heavy (non-hydrogen) atoms. The molecule has 3 aromatic rings. The maximum Gasteiger partial charge on any atom is 0.261 e. The van der Waals surface area contributed by atoms with E-state index in [1.807, 2.05) is 29.2 Å². The molecule has 0 saturated carbocycles. The molecule has 1 aromatic heterocycles. The summed E-state index contributed by atoms with van der Waals surface area (Å²) >= 11 is 3.39. The van der Waals surface area contributed by atoms with E-state index in [0.717, 1.165) is 40.8 Å². The second-order valence-corrected chi connectivity index (χ2v) is 8.76. The molecular weight excluding hydrogens is 462 g/mol. The monoisotopic (exact) mass is 483 g/mol. The molecule has 5 rings (SSSR count). The van der Waals surface area contributed by atoms with Gasteiger partial charge < -0.3 is 14.4 Å². The smallest absolute Gasteiger partial charge is 0.261 e. The van der Waals surface area contributed by atoms with E-state index in [1.165, 1.54) is 10.9 Å². The van der Waals surface area contributed by atoms with E-state index in [2.05, 4.69) is 20.9 Å². The number of amides is 1. The first kappa shape index (κ1) is 20.1. The highest BCUT2D eigenvalue weighted by molar-refractivity contribution is 9.10. The third-order valence-corrected chi connectivity index (χ3v) is 6.31. The fraction of sp³-hybridized carbons (Fsp3) is 0.348. The summed E-state index contributed by atoms with van der Waals surface area (Å²) < 4.78 is 13.7. The zero-order chi connectivity index (χ0) is 21.4. The molecule has 160 valence electrons. The number of carbonyl (C=O) groups excluding carboxylic acids is 1. The lowest BCUT2D eigenvalue weighted by Gasteiger charge is -2.26. The van der Waals surface area contributed by atoms with Crippen LogP contribution in [0.15, 0.2) is 52.0 Å². The quantitative estimate of drug-likeness (QED) is 0.567. The lowest BCUT2D eigenvalue weighted by Crippen LogP contribution is -2.36. The number of likely N-dealkylation sites (tertiary alicyclic amines) is 1. The van der Waals surface area contributed by atoms with Gasteiger partial charge in [0.05, 0.1) is 36.5 Å². The van der Waals surface area contributed by atoms with E-state index in [0.29, 0.717) is 30.7 Å². The van der Waals surface area contributed by atoms with Crippen LogP contribution in [0.4, 0.5) is 0 Å². The Morgan fingerprint density at radius 2 is 1.94 bits per heavy atom. The van der Waals surface area contributed by atoms with E-state index in [9.17, 15) is 9.59 Å². The van der Waals surface area contributed by atoms with Gasteiger partial charge in [-0.2, -0.15) is 0 Å². The Labute approximate surface area is 187 Å². The minimum absolute atomic E-state index is 0.0324. The van der Waals surface area contributed by atoms with Crippen molar-refractivity contribution >= 4 is 32.7 Å². The Hall–Kier alpha value is -2.87. The van der Waals surface area contributed by atoms with Crippen LogP contribution in [0.25, 0.3) is 10.9 Å². The van der Waals surface area contributed by atoms with Crippen molar-refractivity contribution in [2.24, 2.45) is 0 Å². The second-order valence-electron chi connectivity index (χ2n) is 7.84. The molecule has 2 aromatic carbocycles. The van der Waals surface area contributed by atoms with Crippen molar-refractivity contribution in [2.75, 3.05) is 19.8 Å². The number of fused-ring (bicyclic) bond motifs is 2. The van der Waals surface area contributed by atoms with Crippen LogP contribution < -0.4 is 15.0 Å². The van der Waals surface area contributed by atoms with Crippen LogP contribution in [0.1, 0.15) is 30.9 Å². The number of rotatable bonds is 3. The third-order valence-electron chi connectivity index (χ3n) is 5.82. The van der Waals surface area contributed by atoms with Crippen LogP contribution in [-0.2, 0) is 11.3 Å². The summed E-state index contributed by atoms with van der Waals surface area (Å²) in [5.74, 6) is 1.39. The van der Waals surface area contributed by atoms with Crippen LogP contribution in [0, 0.1) is 0 Å². The molecule has 0 bridgehead atoms. The Morgan fingerprint density at radius 3 is 2.81 bits per heavy atom. The van der Waals surface area contributed by atoms with Gasteiger partial charge in [-0.1, -0.05) is 22.0 Å². The SMILES string of the molecule is O=C(Cn1cnc2ccc(Br)cc2c1=O)N1CCC[C@@H]1c1ccc2c(c1)OCCCO2. The summed E-state index contributed by atoms with van der Waals surface area (Å²) in [4.78, 5) is 32.2. The maximum atomic E-state index is 13.2. The lowest BCUT2D eigenvalue weighted by molar-refractivity contribution is -0.132. The van der Waals surface area contributed by atoms with Gasteiger partial charge in [-0.3, -0.25) is 14.2 Å². The Balaban J connectivity index is 1.39. The molecule has 1 amide bonds. The van der Waals surface area contributed by atoms with Crippen molar-refractivity contribution in [1.82, 2.24) is 14.5 Å². The fourth-order valence-corrected chi connectivity index (χ4v) is 4.64. The van der Waals surface area contributed by atoms with Crippen LogP contribution in [-0.4, -0.2) is 40.1 Å². The number of benzene rings is 2. The van der Waals surface area contributed by atoms with Gasteiger partial charge in [0.1, 0.15) is 6.54 Å². The Morgan fingerprint density at radius 1 is 1.10 bits per heavy atom. The van der Waals surface area contributed by atoms with Gasteiger partial charge in [-0.05, 0) is 48.7 Å². The number of carbonyl (C=O) groups is 1. The highest BCUT2D eigenvalue weighted by Gasteiger charge is 2.31. The predicted octanol–water partition coefficient (Wildman–Crippen LogP) is 3.68. The highest BCUT2D eigenvalue weighted by Crippen LogP contribution is 2.38. The van der Waals surface area contributed by atoms with Gasteiger partial charge >= 0.3 is 0 Å². The molecule has 1 atom stereocenters. The topological polar surface area (TPSA) is 73.7 Å². The molecule has 0 N–H and O–H groups in total. The molecule has 2 aliphatic rings. The summed E-state index contributed by atoms with van der Waals surface area (Å²) in [6.45, 7) is 1.90. The van der Waals surface area contributed by atoms with Crippen LogP contribution in [0.5, 0.6) is 11.5 Å². The van der Waals surface area contributed by atoms with Gasteiger partial charge in [0.15, 0.2) is 11.5 Å². The van der Waals surface area contributed by atoms with Crippen molar-refractivity contribution in [1.29, 1.82) is 0 Å². The van der Waals surface area contributed by atoms with E-state index < -0.39 is 0 Å². The molecule has 0 radical (unpaired) electrons. The minimum atomic E-state index is -0.217. The average molecular weight is 484 g/mol. The van der Waals surface area contributed by atoms with E-state index >= 15 is 0 Å². The van der Waals surface area contributed by atoms with Gasteiger partial charge in [-0.15, -0.1) is 0 Å². The van der Waals surface area contributed by atoms with Gasteiger partial charge in [0.2, 0.25) is 5.91 Å². The first-order valence-corrected chi connectivity index (χ1v) is 11.2. The maximum absolute atomic E-state index is 13.2. The van der Waals surface area contributed by atoms with Gasteiger partial charge in [-0.25, -0.2) is 4.98 Å². The third kappa shape index (κ3) is 3.92. The molecular formula is C23H22BrN3O4. The summed E-state index contributed by atoms with van der Waals surface area (Å²) in [7, 11) is 0. The van der Waals surface area contributed by atoms with Crippen molar-refractivity contribution in [2.45, 2.75) is 31.8 Å². The average Bonchev–Trinajstić information content (AvgIpc) is 3.15. The standard InChI is InChI=1S/C23H22BrN3O4/c24-16-5-6-18-17(12-16)23(29)26(14-25-18)13-22(28)27-8-1-3-19(27)15-4-7-20-21(11-15)31-10-2-9-30-20/h4-7,11-12,14,19H,1-3,8-10,13H2/t19-/m1/s1. The van der Waals surface area contributed by atoms with E-state index in [-0.39, 0.29) is 24.1 Å². The van der Waals surface area contributed by atoms with E-state index in [4.69, 9.17) is 9.47 Å². The molecule has 0 spiro atoms. The number of hydrogen-bond acceptors (Lipinski definition) is 5. The molecule has 1 saturated heterocycles. The Kier molecular flexibility index (Phi) is 5.40. The van der Waals surface area contributed by atoms with Gasteiger partial charge in [0.25, 0.3) is 5.56 Å². The Bertz CT molecular complexity index is 1210. The van der Waals surface area contributed by atoms with Crippen molar-refractivity contribution in [3.05, 3.63) is 63.1 Å². The molecule has 2 aliphatic heterocycles.